The number of benzene rings is 1. The van der Waals surface area contributed by atoms with Crippen LogP contribution in [0, 0.1) is 0 Å². The molecule has 0 fully saturated rings. The van der Waals surface area contributed by atoms with Gasteiger partial charge in [-0.25, -0.2) is 14.4 Å². The van der Waals surface area contributed by atoms with Gasteiger partial charge in [-0.05, 0) is 18.9 Å². The van der Waals surface area contributed by atoms with Crippen LogP contribution in [0.1, 0.15) is 32.3 Å². The minimum atomic E-state index is -0.981. The zero-order chi connectivity index (χ0) is 24.5. The number of ether oxygens (including phenoxy) is 2. The summed E-state index contributed by atoms with van der Waals surface area (Å²) in [4.78, 5) is 30.1. The minimum absolute atomic E-state index is 0.0473. The first-order valence-corrected chi connectivity index (χ1v) is 9.45. The Labute approximate surface area is 185 Å². The number of carboxylic acid groups (broad SMARTS) is 1. The first-order valence-electron chi connectivity index (χ1n) is 9.45. The van der Waals surface area contributed by atoms with Gasteiger partial charge in [0.25, 0.3) is 0 Å². The molecule has 0 aliphatic heterocycles. The third-order valence-corrected chi connectivity index (χ3v) is 2.79. The molecule has 0 radical (unpaired) electrons. The maximum Gasteiger partial charge on any atom is 0.333 e. The van der Waals surface area contributed by atoms with Gasteiger partial charge in [0.2, 0.25) is 0 Å². The fourth-order valence-corrected chi connectivity index (χ4v) is 1.23. The summed E-state index contributed by atoms with van der Waals surface area (Å²) in [7, 11) is 0. The van der Waals surface area contributed by atoms with E-state index in [1.54, 1.807) is 6.92 Å². The van der Waals surface area contributed by atoms with Crippen LogP contribution in [0.3, 0.4) is 0 Å². The van der Waals surface area contributed by atoms with E-state index in [1.165, 1.54) is 11.6 Å². The van der Waals surface area contributed by atoms with E-state index in [0.29, 0.717) is 12.2 Å². The van der Waals surface area contributed by atoms with Crippen LogP contribution in [0.4, 0.5) is 0 Å². The molecule has 0 bridgehead atoms. The lowest BCUT2D eigenvalue weighted by atomic mass is 10.2. The maximum absolute atomic E-state index is 10.5. The van der Waals surface area contributed by atoms with E-state index < -0.39 is 11.9 Å². The number of carbonyl (C=O) groups is 3. The van der Waals surface area contributed by atoms with Gasteiger partial charge in [0.1, 0.15) is 6.61 Å². The monoisotopic (exact) mass is 434 g/mol. The summed E-state index contributed by atoms with van der Waals surface area (Å²) in [6.45, 7) is 17.2. The maximum atomic E-state index is 10.5. The van der Waals surface area contributed by atoms with E-state index >= 15 is 0 Å². The van der Waals surface area contributed by atoms with Crippen LogP contribution in [0.5, 0.6) is 0 Å². The highest BCUT2D eigenvalue weighted by molar-refractivity contribution is 5.86. The van der Waals surface area contributed by atoms with E-state index in [-0.39, 0.29) is 19.2 Å². The Morgan fingerprint density at radius 1 is 1.00 bits per heavy atom. The molecule has 0 heterocycles. The molecular weight excluding hydrogens is 400 g/mol. The lowest BCUT2D eigenvalue weighted by Crippen LogP contribution is -2.08. The zero-order valence-electron chi connectivity index (χ0n) is 18.4. The molecule has 7 heteroatoms. The molecular formula is C24H34O7. The first kappa shape index (κ1) is 32.2. The van der Waals surface area contributed by atoms with Gasteiger partial charge in [-0.2, -0.15) is 0 Å². The summed E-state index contributed by atoms with van der Waals surface area (Å²) < 4.78 is 9.14. The van der Waals surface area contributed by atoms with Crippen molar-refractivity contribution in [2.24, 2.45) is 0 Å². The molecule has 31 heavy (non-hydrogen) atoms. The molecule has 0 amide bonds. The molecule has 0 spiro atoms. The molecule has 1 aromatic carbocycles. The molecule has 0 aromatic heterocycles. The average Bonchev–Trinajstić information content (AvgIpc) is 2.79. The quantitative estimate of drug-likeness (QED) is 0.340. The van der Waals surface area contributed by atoms with Crippen molar-refractivity contribution < 1.29 is 34.1 Å². The third-order valence-electron chi connectivity index (χ3n) is 2.79. The van der Waals surface area contributed by atoms with Crippen LogP contribution in [-0.4, -0.2) is 47.9 Å². The second-order valence-electron chi connectivity index (χ2n) is 5.52. The molecule has 0 aliphatic rings. The van der Waals surface area contributed by atoms with Crippen LogP contribution in [0.2, 0.25) is 0 Å². The Morgan fingerprint density at radius 2 is 1.55 bits per heavy atom. The number of aliphatic hydroxyl groups is 1. The van der Waals surface area contributed by atoms with Gasteiger partial charge in [-0.15, -0.1) is 0 Å². The Bertz CT molecular complexity index is 662. The first-order chi connectivity index (χ1) is 14.7. The molecule has 1 aromatic rings. The van der Waals surface area contributed by atoms with E-state index in [9.17, 15) is 14.4 Å². The van der Waals surface area contributed by atoms with Gasteiger partial charge in [0, 0.05) is 17.7 Å². The highest BCUT2D eigenvalue weighted by atomic mass is 16.5. The lowest BCUT2D eigenvalue weighted by Gasteiger charge is -1.99. The number of carboxylic acids is 1. The normalized spacial score (nSPS) is 8.23. The van der Waals surface area contributed by atoms with Crippen molar-refractivity contribution in [3.63, 3.8) is 0 Å². The molecule has 0 aliphatic carbocycles. The van der Waals surface area contributed by atoms with Crippen molar-refractivity contribution in [2.75, 3.05) is 19.8 Å². The van der Waals surface area contributed by atoms with Crippen LogP contribution in [0.15, 0.2) is 74.4 Å². The fourth-order valence-electron chi connectivity index (χ4n) is 1.23. The Balaban J connectivity index is -0.000000344. The van der Waals surface area contributed by atoms with Gasteiger partial charge in [-0.3, -0.25) is 0 Å². The van der Waals surface area contributed by atoms with E-state index in [0.717, 1.165) is 18.9 Å². The highest BCUT2D eigenvalue weighted by Gasteiger charge is 1.99. The number of hydrogen-bond acceptors (Lipinski definition) is 6. The van der Waals surface area contributed by atoms with Gasteiger partial charge >= 0.3 is 17.9 Å². The van der Waals surface area contributed by atoms with Crippen LogP contribution < -0.4 is 0 Å². The Kier molecular flexibility index (Phi) is 25.6. The molecule has 0 saturated heterocycles. The molecule has 7 nitrogen and oxygen atoms in total. The summed E-state index contributed by atoms with van der Waals surface area (Å²) >= 11 is 0. The smallest absolute Gasteiger partial charge is 0.333 e. The van der Waals surface area contributed by atoms with Crippen LogP contribution in [-0.2, 0) is 23.9 Å². The lowest BCUT2D eigenvalue weighted by molar-refractivity contribution is -0.140. The number of rotatable bonds is 9. The van der Waals surface area contributed by atoms with Gasteiger partial charge in [0.15, 0.2) is 0 Å². The van der Waals surface area contributed by atoms with Crippen molar-refractivity contribution in [3.8, 4) is 0 Å². The SMILES string of the molecule is C=C(C)C(=O)OCCO.C=CC(=O)O.C=CC(=O)OCCCC.C=Cc1ccccc1. The highest BCUT2D eigenvalue weighted by Crippen LogP contribution is 1.97. The number of unbranched alkanes of at least 4 members (excludes halogenated alkanes) is 1. The third kappa shape index (κ3) is 28.9. The standard InChI is InChI=1S/C8H8.C7H12O2.C6H10O3.C3H4O2/c1-2-8-6-4-3-5-7-8;1-3-5-6-9-7(8)4-2;1-5(2)6(8)9-4-3-7;1-2-3(4)5/h2-7H,1H2;4H,2-3,5-6H2,1H3;7H,1,3-4H2,2H3;2H,1H2,(H,4,5). The molecule has 0 saturated carbocycles. The minimum Gasteiger partial charge on any atom is -0.478 e. The summed E-state index contributed by atoms with van der Waals surface area (Å²) in [6, 6.07) is 10.0. The summed E-state index contributed by atoms with van der Waals surface area (Å²) in [5, 5.41) is 15.8. The average molecular weight is 435 g/mol. The predicted molar refractivity (Wildman–Crippen MR) is 123 cm³/mol. The second-order valence-corrected chi connectivity index (χ2v) is 5.52. The number of hydrogen-bond donors (Lipinski definition) is 2. The molecule has 2 N–H and O–H groups in total. The number of carbonyl (C=O) groups excluding carboxylic acids is 2. The van der Waals surface area contributed by atoms with Crippen molar-refractivity contribution in [1.82, 2.24) is 0 Å². The van der Waals surface area contributed by atoms with E-state index in [1.807, 2.05) is 43.3 Å². The Morgan fingerprint density at radius 3 is 1.87 bits per heavy atom. The van der Waals surface area contributed by atoms with Gasteiger partial charge < -0.3 is 19.7 Å². The summed E-state index contributed by atoms with van der Waals surface area (Å²) in [5.41, 5.74) is 1.52. The van der Waals surface area contributed by atoms with Crippen molar-refractivity contribution in [2.45, 2.75) is 26.7 Å². The van der Waals surface area contributed by atoms with E-state index in [2.05, 4.69) is 35.8 Å². The van der Waals surface area contributed by atoms with Gasteiger partial charge in [-0.1, -0.05) is 76.1 Å². The van der Waals surface area contributed by atoms with Crippen molar-refractivity contribution in [1.29, 1.82) is 0 Å². The predicted octanol–water partition coefficient (Wildman–Crippen LogP) is 4.20. The largest absolute Gasteiger partial charge is 0.478 e. The van der Waals surface area contributed by atoms with Crippen molar-refractivity contribution >= 4 is 24.0 Å². The van der Waals surface area contributed by atoms with E-state index in [4.69, 9.17) is 10.2 Å². The molecule has 172 valence electrons. The molecule has 0 unspecified atom stereocenters. The topological polar surface area (TPSA) is 110 Å². The number of aliphatic hydroxyl groups excluding tert-OH is 1. The summed E-state index contributed by atoms with van der Waals surface area (Å²) in [6.07, 6.45) is 5.82. The Hall–Kier alpha value is -3.45. The van der Waals surface area contributed by atoms with Crippen LogP contribution in [0.25, 0.3) is 6.08 Å². The zero-order valence-corrected chi connectivity index (χ0v) is 18.4. The number of esters is 2. The summed E-state index contributed by atoms with van der Waals surface area (Å²) in [5.74, 6) is -1.77. The second kappa shape index (κ2) is 24.6. The molecule has 1 rings (SSSR count). The number of aliphatic carboxylic acids is 1. The van der Waals surface area contributed by atoms with Crippen LogP contribution >= 0.6 is 0 Å². The fraction of sp³-hybridized carbons (Fsp3) is 0.292. The molecule has 0 atom stereocenters. The van der Waals surface area contributed by atoms with Gasteiger partial charge in [0.05, 0.1) is 13.2 Å². The van der Waals surface area contributed by atoms with Crippen molar-refractivity contribution in [3.05, 3.63) is 79.9 Å².